The number of halogens is 2. The molecule has 1 aromatic rings. The van der Waals surface area contributed by atoms with Crippen LogP contribution < -0.4 is 0 Å². The van der Waals surface area contributed by atoms with E-state index < -0.39 is 0 Å². The first kappa shape index (κ1) is 15.3. The lowest BCUT2D eigenvalue weighted by atomic mass is 10.0. The normalized spacial score (nSPS) is 19.9. The fourth-order valence-corrected chi connectivity index (χ4v) is 3.82. The van der Waals surface area contributed by atoms with Crippen molar-refractivity contribution in [2.45, 2.75) is 12.8 Å². The van der Waals surface area contributed by atoms with Gasteiger partial charge < -0.3 is 4.74 Å². The maximum absolute atomic E-state index is 12.1. The van der Waals surface area contributed by atoms with E-state index in [-0.39, 0.29) is 5.78 Å². The molecule has 1 saturated heterocycles. The minimum atomic E-state index is 0.0207. The van der Waals surface area contributed by atoms with Crippen LogP contribution in [-0.2, 0) is 4.74 Å². The lowest BCUT2D eigenvalue weighted by Crippen LogP contribution is -2.34. The molecule has 0 spiro atoms. The summed E-state index contributed by atoms with van der Waals surface area (Å²) in [5.41, 5.74) is 0.531. The zero-order valence-electron chi connectivity index (χ0n) is 10.8. The van der Waals surface area contributed by atoms with Crippen LogP contribution in [0.3, 0.4) is 0 Å². The molecule has 0 radical (unpaired) electrons. The lowest BCUT2D eigenvalue weighted by molar-refractivity contribution is 0.0416. The van der Waals surface area contributed by atoms with Gasteiger partial charge in [0.15, 0.2) is 5.78 Å². The van der Waals surface area contributed by atoms with Crippen molar-refractivity contribution in [1.29, 1.82) is 0 Å². The van der Waals surface area contributed by atoms with Gasteiger partial charge in [0.25, 0.3) is 0 Å². The summed E-state index contributed by atoms with van der Waals surface area (Å²) >= 11 is 13.1. The van der Waals surface area contributed by atoms with Crippen LogP contribution in [0.5, 0.6) is 0 Å². The number of hydrogen-bond donors (Lipinski definition) is 0. The molecule has 1 aliphatic rings. The fourth-order valence-electron chi connectivity index (χ4n) is 2.32. The molecule has 2 heterocycles. The molecule has 0 N–H and O–H groups in total. The van der Waals surface area contributed by atoms with Crippen LogP contribution >= 0.6 is 34.5 Å². The van der Waals surface area contributed by atoms with Crippen molar-refractivity contribution in [2.75, 3.05) is 33.4 Å². The Morgan fingerprint density at radius 1 is 1.58 bits per heavy atom. The van der Waals surface area contributed by atoms with Crippen LogP contribution in [-0.4, -0.2) is 44.0 Å². The Labute approximate surface area is 127 Å². The van der Waals surface area contributed by atoms with Gasteiger partial charge in [0.1, 0.15) is 4.34 Å². The van der Waals surface area contributed by atoms with Crippen LogP contribution in [0.1, 0.15) is 23.2 Å². The number of carbonyl (C=O) groups excluding carboxylic acids is 1. The second-order valence-electron chi connectivity index (χ2n) is 4.94. The van der Waals surface area contributed by atoms with Gasteiger partial charge in [0.2, 0.25) is 0 Å². The maximum atomic E-state index is 12.1. The van der Waals surface area contributed by atoms with Gasteiger partial charge in [0, 0.05) is 13.2 Å². The molecular weight excluding hydrogens is 305 g/mol. The fraction of sp³-hybridized carbons (Fsp3) is 0.615. The zero-order valence-corrected chi connectivity index (χ0v) is 13.2. The van der Waals surface area contributed by atoms with E-state index in [1.807, 2.05) is 11.9 Å². The number of nitrogens with zero attached hydrogens (tertiary/aromatic N) is 1. The average molecular weight is 322 g/mol. The summed E-state index contributed by atoms with van der Waals surface area (Å²) in [5, 5.41) is 0. The van der Waals surface area contributed by atoms with Gasteiger partial charge in [-0.25, -0.2) is 0 Å². The van der Waals surface area contributed by atoms with Crippen molar-refractivity contribution in [3.63, 3.8) is 0 Å². The second-order valence-corrected chi connectivity index (χ2v) is 7.23. The summed E-state index contributed by atoms with van der Waals surface area (Å²) in [6.45, 7) is 2.90. The Hall–Kier alpha value is -0.130. The topological polar surface area (TPSA) is 29.5 Å². The molecule has 1 atom stereocenters. The molecule has 106 valence electrons. The largest absolute Gasteiger partial charge is 0.381 e. The first-order valence-electron chi connectivity index (χ1n) is 6.30. The van der Waals surface area contributed by atoms with Crippen molar-refractivity contribution in [1.82, 2.24) is 4.90 Å². The molecule has 19 heavy (non-hydrogen) atoms. The smallest absolute Gasteiger partial charge is 0.179 e. The van der Waals surface area contributed by atoms with Crippen LogP contribution in [0.15, 0.2) is 6.07 Å². The number of Topliss-reactive ketones (excluding diaryl/α,β-unsaturated/α-hetero) is 1. The van der Waals surface area contributed by atoms with Crippen molar-refractivity contribution in [3.05, 3.63) is 20.3 Å². The summed E-state index contributed by atoms with van der Waals surface area (Å²) in [6.07, 6.45) is 2.28. The predicted molar refractivity (Wildman–Crippen MR) is 79.7 cm³/mol. The Balaban J connectivity index is 1.86. The third-order valence-electron chi connectivity index (χ3n) is 3.20. The number of hydrogen-bond acceptors (Lipinski definition) is 4. The first-order chi connectivity index (χ1) is 9.06. The van der Waals surface area contributed by atoms with Gasteiger partial charge in [-0.15, -0.1) is 11.3 Å². The summed E-state index contributed by atoms with van der Waals surface area (Å²) in [4.78, 5) is 14.2. The SMILES string of the molecule is CN(CC(=O)c1cc(Cl)sc1Cl)CC1CCCOC1. The molecule has 2 rings (SSSR count). The monoisotopic (exact) mass is 321 g/mol. The minimum Gasteiger partial charge on any atom is -0.381 e. The highest BCUT2D eigenvalue weighted by Crippen LogP contribution is 2.31. The van der Waals surface area contributed by atoms with Crippen LogP contribution in [0, 0.1) is 5.92 Å². The first-order valence-corrected chi connectivity index (χ1v) is 7.88. The van der Waals surface area contributed by atoms with Crippen molar-refractivity contribution in [2.24, 2.45) is 5.92 Å². The molecule has 1 fully saturated rings. The van der Waals surface area contributed by atoms with Gasteiger partial charge in [-0.3, -0.25) is 9.69 Å². The van der Waals surface area contributed by atoms with Gasteiger partial charge in [-0.1, -0.05) is 23.2 Å². The van der Waals surface area contributed by atoms with Crippen molar-refractivity contribution < 1.29 is 9.53 Å². The van der Waals surface area contributed by atoms with Crippen molar-refractivity contribution >= 4 is 40.3 Å². The molecule has 1 unspecified atom stereocenters. The van der Waals surface area contributed by atoms with Gasteiger partial charge in [0.05, 0.1) is 23.1 Å². The van der Waals surface area contributed by atoms with Crippen LogP contribution in [0.2, 0.25) is 8.67 Å². The van der Waals surface area contributed by atoms with Gasteiger partial charge in [-0.05, 0) is 31.9 Å². The highest BCUT2D eigenvalue weighted by Gasteiger charge is 2.19. The summed E-state index contributed by atoms with van der Waals surface area (Å²) in [7, 11) is 1.95. The molecule has 6 heteroatoms. The third kappa shape index (κ3) is 4.43. The summed E-state index contributed by atoms with van der Waals surface area (Å²) in [6, 6.07) is 1.65. The number of ether oxygens (including phenoxy) is 1. The zero-order chi connectivity index (χ0) is 13.8. The van der Waals surface area contributed by atoms with E-state index in [2.05, 4.69) is 0 Å². The number of thiophene rings is 1. The molecule has 0 aromatic carbocycles. The van der Waals surface area contributed by atoms with Crippen LogP contribution in [0.4, 0.5) is 0 Å². The lowest BCUT2D eigenvalue weighted by Gasteiger charge is -2.26. The summed E-state index contributed by atoms with van der Waals surface area (Å²) in [5.74, 6) is 0.542. The van der Waals surface area contributed by atoms with E-state index in [0.29, 0.717) is 26.7 Å². The molecular formula is C13H17Cl2NO2S. The molecule has 1 aromatic heterocycles. The second kappa shape index (κ2) is 7.04. The minimum absolute atomic E-state index is 0.0207. The maximum Gasteiger partial charge on any atom is 0.179 e. The van der Waals surface area contributed by atoms with Gasteiger partial charge >= 0.3 is 0 Å². The predicted octanol–water partition coefficient (Wildman–Crippen LogP) is 3.60. The Morgan fingerprint density at radius 3 is 2.95 bits per heavy atom. The number of carbonyl (C=O) groups is 1. The van der Waals surface area contributed by atoms with E-state index in [4.69, 9.17) is 27.9 Å². The molecule has 1 aliphatic heterocycles. The third-order valence-corrected chi connectivity index (χ3v) is 4.68. The van der Waals surface area contributed by atoms with E-state index >= 15 is 0 Å². The molecule has 0 amide bonds. The highest BCUT2D eigenvalue weighted by atomic mass is 35.5. The van der Waals surface area contributed by atoms with E-state index in [1.54, 1.807) is 6.07 Å². The molecule has 0 bridgehead atoms. The van der Waals surface area contributed by atoms with E-state index in [1.165, 1.54) is 17.8 Å². The Bertz CT molecular complexity index is 444. The van der Waals surface area contributed by atoms with Gasteiger partial charge in [-0.2, -0.15) is 0 Å². The molecule has 0 aliphatic carbocycles. The van der Waals surface area contributed by atoms with E-state index in [9.17, 15) is 4.79 Å². The van der Waals surface area contributed by atoms with Crippen LogP contribution in [0.25, 0.3) is 0 Å². The average Bonchev–Trinajstić information content (AvgIpc) is 2.69. The van der Waals surface area contributed by atoms with E-state index in [0.717, 1.165) is 26.2 Å². The molecule has 0 saturated carbocycles. The number of likely N-dealkylation sites (N-methyl/N-ethyl adjacent to an activating group) is 1. The Morgan fingerprint density at radius 2 is 2.37 bits per heavy atom. The highest BCUT2D eigenvalue weighted by molar-refractivity contribution is 7.20. The standard InChI is InChI=1S/C13H17Cl2NO2S/c1-16(6-9-3-2-4-18-8-9)7-11(17)10-5-12(14)19-13(10)15/h5,9H,2-4,6-8H2,1H3. The Kier molecular flexibility index (Phi) is 5.66. The summed E-state index contributed by atoms with van der Waals surface area (Å²) < 4.78 is 6.48. The quantitative estimate of drug-likeness (QED) is 0.776. The molecule has 3 nitrogen and oxygen atoms in total. The number of ketones is 1. The van der Waals surface area contributed by atoms with Crippen molar-refractivity contribution in [3.8, 4) is 0 Å². The number of rotatable bonds is 5.